The lowest BCUT2D eigenvalue weighted by Crippen LogP contribution is -2.13. The largest absolute Gasteiger partial charge is 0.496 e. The number of pyridine rings is 1. The van der Waals surface area contributed by atoms with Crippen LogP contribution in [-0.4, -0.2) is 23.0 Å². The summed E-state index contributed by atoms with van der Waals surface area (Å²) in [5, 5.41) is 4.48. The predicted molar refractivity (Wildman–Crippen MR) is 91.0 cm³/mol. The number of hydrogen-bond acceptors (Lipinski definition) is 5. The minimum atomic E-state index is -0.263. The van der Waals surface area contributed by atoms with Gasteiger partial charge in [0.1, 0.15) is 15.8 Å². The number of carbonyl (C=O) groups is 1. The average Bonchev–Trinajstić information content (AvgIpc) is 2.96. The van der Waals surface area contributed by atoms with Crippen molar-refractivity contribution in [3.8, 4) is 16.3 Å². The van der Waals surface area contributed by atoms with E-state index in [4.69, 9.17) is 4.74 Å². The highest BCUT2D eigenvalue weighted by Gasteiger charge is 2.16. The quantitative estimate of drug-likeness (QED) is 0.793. The molecule has 3 rings (SSSR count). The highest BCUT2D eigenvalue weighted by molar-refractivity contribution is 7.19. The maximum atomic E-state index is 12.4. The molecule has 23 heavy (non-hydrogen) atoms. The topological polar surface area (TPSA) is 64.1 Å². The molecule has 0 atom stereocenters. The molecule has 0 spiro atoms. The van der Waals surface area contributed by atoms with Gasteiger partial charge in [0.05, 0.1) is 18.4 Å². The van der Waals surface area contributed by atoms with Crippen molar-refractivity contribution in [1.82, 2.24) is 9.97 Å². The Kier molecular flexibility index (Phi) is 4.34. The molecular weight excluding hydrogens is 310 g/mol. The Bertz CT molecular complexity index is 831. The molecule has 0 unspecified atom stereocenters. The van der Waals surface area contributed by atoms with E-state index in [1.807, 2.05) is 37.3 Å². The van der Waals surface area contributed by atoms with Crippen LogP contribution in [0.1, 0.15) is 16.1 Å². The van der Waals surface area contributed by atoms with Gasteiger partial charge in [0, 0.05) is 18.0 Å². The number of ether oxygens (including phenoxy) is 1. The fourth-order valence-electron chi connectivity index (χ4n) is 2.12. The number of nitrogens with zero attached hydrogens (tertiary/aromatic N) is 2. The van der Waals surface area contributed by atoms with Crippen LogP contribution >= 0.6 is 11.3 Å². The van der Waals surface area contributed by atoms with Gasteiger partial charge in [-0.15, -0.1) is 0 Å². The second kappa shape index (κ2) is 6.58. The molecule has 2 heterocycles. The SMILES string of the molecule is COc1ccncc1C(=O)Nc1sc(-c2ccccc2)nc1C. The van der Waals surface area contributed by atoms with Crippen LogP contribution in [0.5, 0.6) is 5.75 Å². The number of amides is 1. The predicted octanol–water partition coefficient (Wildman–Crippen LogP) is 3.77. The first kappa shape index (κ1) is 15.2. The van der Waals surface area contributed by atoms with Gasteiger partial charge >= 0.3 is 0 Å². The number of thiazole rings is 1. The molecule has 1 N–H and O–H groups in total. The van der Waals surface area contributed by atoms with E-state index in [0.29, 0.717) is 11.3 Å². The standard InChI is InChI=1S/C17H15N3O2S/c1-11-16(23-17(19-11)12-6-4-3-5-7-12)20-15(21)13-10-18-9-8-14(13)22-2/h3-10H,1-2H3,(H,20,21). The van der Waals surface area contributed by atoms with Crippen LogP contribution in [0.25, 0.3) is 10.6 Å². The van der Waals surface area contributed by atoms with Gasteiger partial charge in [-0.25, -0.2) is 4.98 Å². The number of carbonyl (C=O) groups excluding carboxylic acids is 1. The summed E-state index contributed by atoms with van der Waals surface area (Å²) in [6, 6.07) is 11.5. The minimum Gasteiger partial charge on any atom is -0.496 e. The zero-order valence-electron chi connectivity index (χ0n) is 12.7. The number of benzene rings is 1. The highest BCUT2D eigenvalue weighted by Crippen LogP contribution is 2.32. The van der Waals surface area contributed by atoms with Gasteiger partial charge in [0.15, 0.2) is 0 Å². The molecule has 1 amide bonds. The van der Waals surface area contributed by atoms with Gasteiger partial charge in [0.25, 0.3) is 5.91 Å². The van der Waals surface area contributed by atoms with E-state index >= 15 is 0 Å². The van der Waals surface area contributed by atoms with Crippen LogP contribution in [0.4, 0.5) is 5.00 Å². The molecule has 1 aromatic carbocycles. The molecule has 0 fully saturated rings. The molecule has 116 valence electrons. The highest BCUT2D eigenvalue weighted by atomic mass is 32.1. The lowest BCUT2D eigenvalue weighted by Gasteiger charge is -2.07. The van der Waals surface area contributed by atoms with Crippen molar-refractivity contribution in [3.05, 3.63) is 60.0 Å². The Morgan fingerprint density at radius 2 is 2.00 bits per heavy atom. The third-order valence-corrected chi connectivity index (χ3v) is 4.41. The molecule has 0 saturated heterocycles. The third kappa shape index (κ3) is 3.22. The second-order valence-corrected chi connectivity index (χ2v) is 5.83. The molecule has 0 aliphatic heterocycles. The molecule has 0 saturated carbocycles. The summed E-state index contributed by atoms with van der Waals surface area (Å²) in [6.45, 7) is 1.87. The van der Waals surface area contributed by atoms with Gasteiger partial charge < -0.3 is 10.1 Å². The zero-order valence-corrected chi connectivity index (χ0v) is 13.6. The molecular formula is C17H15N3O2S. The number of aromatic nitrogens is 2. The Labute approximate surface area is 138 Å². The number of rotatable bonds is 4. The second-order valence-electron chi connectivity index (χ2n) is 4.83. The van der Waals surface area contributed by atoms with Gasteiger partial charge in [-0.2, -0.15) is 0 Å². The van der Waals surface area contributed by atoms with Crippen LogP contribution < -0.4 is 10.1 Å². The lowest BCUT2D eigenvalue weighted by molar-refractivity contribution is 0.102. The number of anilines is 1. The van der Waals surface area contributed by atoms with Crippen molar-refractivity contribution >= 4 is 22.2 Å². The Balaban J connectivity index is 1.86. The van der Waals surface area contributed by atoms with Crippen LogP contribution in [0.2, 0.25) is 0 Å². The summed E-state index contributed by atoms with van der Waals surface area (Å²) in [5.41, 5.74) is 2.20. The monoisotopic (exact) mass is 325 g/mol. The maximum Gasteiger partial charge on any atom is 0.261 e. The molecule has 0 aliphatic carbocycles. The van der Waals surface area contributed by atoms with Crippen LogP contribution in [0.15, 0.2) is 48.8 Å². The van der Waals surface area contributed by atoms with E-state index in [1.54, 1.807) is 12.3 Å². The van der Waals surface area contributed by atoms with Crippen molar-refractivity contribution in [3.63, 3.8) is 0 Å². The van der Waals surface area contributed by atoms with Crippen LogP contribution in [0, 0.1) is 6.92 Å². The number of methoxy groups -OCH3 is 1. The molecule has 2 aromatic heterocycles. The Hall–Kier alpha value is -2.73. The normalized spacial score (nSPS) is 10.3. The summed E-state index contributed by atoms with van der Waals surface area (Å²) in [7, 11) is 1.53. The van der Waals surface area contributed by atoms with Crippen molar-refractivity contribution in [2.45, 2.75) is 6.92 Å². The number of nitrogens with one attached hydrogen (secondary N) is 1. The fraction of sp³-hybridized carbons (Fsp3) is 0.118. The molecule has 6 heteroatoms. The smallest absolute Gasteiger partial charge is 0.261 e. The van der Waals surface area contributed by atoms with Crippen LogP contribution in [0.3, 0.4) is 0 Å². The summed E-state index contributed by atoms with van der Waals surface area (Å²) in [5.74, 6) is 0.226. The minimum absolute atomic E-state index is 0.263. The van der Waals surface area contributed by atoms with Crippen molar-refractivity contribution in [1.29, 1.82) is 0 Å². The Morgan fingerprint density at radius 3 is 2.74 bits per heavy atom. The zero-order chi connectivity index (χ0) is 16.2. The summed E-state index contributed by atoms with van der Waals surface area (Å²) >= 11 is 1.44. The van der Waals surface area contributed by atoms with Gasteiger partial charge in [-0.3, -0.25) is 9.78 Å². The first-order valence-corrected chi connectivity index (χ1v) is 7.83. The van der Waals surface area contributed by atoms with Crippen molar-refractivity contribution in [2.75, 3.05) is 12.4 Å². The average molecular weight is 325 g/mol. The van der Waals surface area contributed by atoms with Gasteiger partial charge in [-0.05, 0) is 13.0 Å². The van der Waals surface area contributed by atoms with E-state index in [-0.39, 0.29) is 5.91 Å². The number of aryl methyl sites for hydroxylation is 1. The van der Waals surface area contributed by atoms with Gasteiger partial charge in [-0.1, -0.05) is 41.7 Å². The lowest BCUT2D eigenvalue weighted by atomic mass is 10.2. The first-order valence-electron chi connectivity index (χ1n) is 7.01. The van der Waals surface area contributed by atoms with Gasteiger partial charge in [0.2, 0.25) is 0 Å². The van der Waals surface area contributed by atoms with E-state index in [9.17, 15) is 4.79 Å². The molecule has 3 aromatic rings. The first-order chi connectivity index (χ1) is 11.2. The summed E-state index contributed by atoms with van der Waals surface area (Å²) in [6.07, 6.45) is 3.07. The fourth-order valence-corrected chi connectivity index (χ4v) is 3.08. The van der Waals surface area contributed by atoms with Crippen molar-refractivity contribution < 1.29 is 9.53 Å². The maximum absolute atomic E-state index is 12.4. The molecule has 0 radical (unpaired) electrons. The molecule has 0 aliphatic rings. The van der Waals surface area contributed by atoms with Crippen molar-refractivity contribution in [2.24, 2.45) is 0 Å². The summed E-state index contributed by atoms with van der Waals surface area (Å²) < 4.78 is 5.20. The van der Waals surface area contributed by atoms with E-state index < -0.39 is 0 Å². The number of hydrogen-bond donors (Lipinski definition) is 1. The molecule has 5 nitrogen and oxygen atoms in total. The third-order valence-electron chi connectivity index (χ3n) is 3.29. The van der Waals surface area contributed by atoms with E-state index in [1.165, 1.54) is 24.6 Å². The Morgan fingerprint density at radius 1 is 1.22 bits per heavy atom. The van der Waals surface area contributed by atoms with E-state index in [0.717, 1.165) is 21.3 Å². The summed E-state index contributed by atoms with van der Waals surface area (Å²) in [4.78, 5) is 20.9. The molecule has 0 bridgehead atoms. The van der Waals surface area contributed by atoms with E-state index in [2.05, 4.69) is 15.3 Å². The van der Waals surface area contributed by atoms with Crippen LogP contribution in [-0.2, 0) is 0 Å².